The zero-order chi connectivity index (χ0) is 18.4. The molecule has 0 saturated heterocycles. The van der Waals surface area contributed by atoms with Crippen LogP contribution in [0.1, 0.15) is 17.2 Å². The summed E-state index contributed by atoms with van der Waals surface area (Å²) in [5.41, 5.74) is 12.9. The number of nitrogens with two attached hydrogens (primary N) is 2. The Bertz CT molecular complexity index is 722. The summed E-state index contributed by atoms with van der Waals surface area (Å²) in [6.07, 6.45) is -0.887. The van der Waals surface area contributed by atoms with Gasteiger partial charge in [-0.1, -0.05) is 54.1 Å². The Morgan fingerprint density at radius 1 is 1.04 bits per heavy atom. The van der Waals surface area contributed by atoms with E-state index < -0.39 is 30.1 Å². The Morgan fingerprint density at radius 3 is 2.20 bits per heavy atom. The number of halogens is 1. The molecule has 3 atom stereocenters. The fourth-order valence-electron chi connectivity index (χ4n) is 2.29. The maximum absolute atomic E-state index is 12.3. The van der Waals surface area contributed by atoms with Gasteiger partial charge in [0, 0.05) is 5.02 Å². The molecular formula is C18H19ClN2O4. The third kappa shape index (κ3) is 5.29. The van der Waals surface area contributed by atoms with Crippen molar-refractivity contribution in [3.8, 4) is 0 Å². The number of carbonyl (C=O) groups is 2. The van der Waals surface area contributed by atoms with Crippen molar-refractivity contribution in [1.82, 2.24) is 0 Å². The van der Waals surface area contributed by atoms with Gasteiger partial charge in [0.15, 0.2) is 6.10 Å². The predicted octanol–water partition coefficient (Wildman–Crippen LogP) is 1.91. The molecule has 0 aliphatic rings. The molecule has 0 saturated carbocycles. The van der Waals surface area contributed by atoms with Crippen LogP contribution >= 0.6 is 11.6 Å². The van der Waals surface area contributed by atoms with E-state index in [9.17, 15) is 9.59 Å². The largest absolute Gasteiger partial charge is 0.480 e. The maximum atomic E-state index is 12.3. The summed E-state index contributed by atoms with van der Waals surface area (Å²) in [5.74, 6) is -1.99. The van der Waals surface area contributed by atoms with E-state index in [1.165, 1.54) is 0 Å². The highest BCUT2D eigenvalue weighted by Gasteiger charge is 2.31. The Kier molecular flexibility index (Phi) is 6.52. The molecule has 2 rings (SSSR count). The van der Waals surface area contributed by atoms with Crippen LogP contribution in [0.2, 0.25) is 5.02 Å². The van der Waals surface area contributed by atoms with Crippen molar-refractivity contribution >= 4 is 23.5 Å². The summed E-state index contributed by atoms with van der Waals surface area (Å²) >= 11 is 5.82. The molecule has 0 aromatic heterocycles. The first-order valence-electron chi connectivity index (χ1n) is 7.62. The van der Waals surface area contributed by atoms with Gasteiger partial charge in [0.05, 0.1) is 0 Å². The van der Waals surface area contributed by atoms with Gasteiger partial charge in [-0.15, -0.1) is 0 Å². The lowest BCUT2D eigenvalue weighted by Crippen LogP contribution is -2.42. The van der Waals surface area contributed by atoms with E-state index in [-0.39, 0.29) is 6.42 Å². The van der Waals surface area contributed by atoms with E-state index in [2.05, 4.69) is 0 Å². The lowest BCUT2D eigenvalue weighted by Gasteiger charge is -2.23. The molecule has 6 nitrogen and oxygen atoms in total. The van der Waals surface area contributed by atoms with Gasteiger partial charge in [-0.3, -0.25) is 9.59 Å². The van der Waals surface area contributed by atoms with Crippen LogP contribution in [0.5, 0.6) is 0 Å². The first-order valence-corrected chi connectivity index (χ1v) is 8.00. The Balaban J connectivity index is 2.10. The maximum Gasteiger partial charge on any atom is 0.324 e. The van der Waals surface area contributed by atoms with Gasteiger partial charge in [0.1, 0.15) is 12.1 Å². The molecule has 0 spiro atoms. The van der Waals surface area contributed by atoms with Crippen LogP contribution in [-0.2, 0) is 20.7 Å². The molecule has 0 aliphatic heterocycles. The highest BCUT2D eigenvalue weighted by molar-refractivity contribution is 6.30. The topological polar surface area (TPSA) is 116 Å². The van der Waals surface area contributed by atoms with Crippen LogP contribution in [-0.4, -0.2) is 29.1 Å². The number of carboxylic acid groups (broad SMARTS) is 1. The number of carbonyl (C=O) groups excluding carboxylic acids is 1. The highest BCUT2D eigenvalue weighted by Crippen LogP contribution is 2.21. The molecule has 0 radical (unpaired) electrons. The third-order valence-electron chi connectivity index (χ3n) is 3.65. The fourth-order valence-corrected chi connectivity index (χ4v) is 2.42. The van der Waals surface area contributed by atoms with E-state index >= 15 is 0 Å². The molecule has 25 heavy (non-hydrogen) atoms. The first-order chi connectivity index (χ1) is 11.9. The summed E-state index contributed by atoms with van der Waals surface area (Å²) in [4.78, 5) is 23.5. The highest BCUT2D eigenvalue weighted by atomic mass is 35.5. The van der Waals surface area contributed by atoms with Crippen LogP contribution < -0.4 is 11.5 Å². The van der Waals surface area contributed by atoms with Crippen molar-refractivity contribution in [3.63, 3.8) is 0 Å². The Morgan fingerprint density at radius 2 is 1.64 bits per heavy atom. The molecule has 132 valence electrons. The summed E-state index contributed by atoms with van der Waals surface area (Å²) in [7, 11) is 0. The number of ether oxygens (including phenoxy) is 1. The van der Waals surface area contributed by atoms with Gasteiger partial charge in [-0.2, -0.15) is 0 Å². The van der Waals surface area contributed by atoms with E-state index in [4.69, 9.17) is 32.9 Å². The van der Waals surface area contributed by atoms with Crippen molar-refractivity contribution in [1.29, 1.82) is 0 Å². The van der Waals surface area contributed by atoms with E-state index in [0.29, 0.717) is 10.6 Å². The van der Waals surface area contributed by atoms with Crippen LogP contribution in [0, 0.1) is 0 Å². The molecule has 0 amide bonds. The number of hydrogen-bond acceptors (Lipinski definition) is 5. The Labute approximate surface area is 150 Å². The van der Waals surface area contributed by atoms with Crippen LogP contribution in [0.3, 0.4) is 0 Å². The quantitative estimate of drug-likeness (QED) is 0.648. The number of carboxylic acids is 1. The van der Waals surface area contributed by atoms with Gasteiger partial charge in [-0.25, -0.2) is 0 Å². The summed E-state index contributed by atoms with van der Waals surface area (Å²) < 4.78 is 5.32. The van der Waals surface area contributed by atoms with Crippen molar-refractivity contribution < 1.29 is 19.4 Å². The van der Waals surface area contributed by atoms with E-state index in [1.807, 2.05) is 0 Å². The molecular weight excluding hydrogens is 344 g/mol. The first kappa shape index (κ1) is 18.9. The minimum atomic E-state index is -1.39. The average molecular weight is 363 g/mol. The molecule has 0 heterocycles. The molecule has 2 aromatic rings. The number of esters is 1. The predicted molar refractivity (Wildman–Crippen MR) is 94.0 cm³/mol. The molecule has 5 N–H and O–H groups in total. The second-order valence-electron chi connectivity index (χ2n) is 5.57. The molecule has 0 bridgehead atoms. The van der Waals surface area contributed by atoms with Gasteiger partial charge < -0.3 is 21.3 Å². The second-order valence-corrected chi connectivity index (χ2v) is 6.01. The zero-order valence-electron chi connectivity index (χ0n) is 13.3. The average Bonchev–Trinajstić information content (AvgIpc) is 2.61. The SMILES string of the molecule is N[C@H](C(=O)O)C(OC(=O)[C@@H](N)Cc1ccc(Cl)cc1)c1ccccc1. The van der Waals surface area contributed by atoms with Crippen LogP contribution in [0.25, 0.3) is 0 Å². The lowest BCUT2D eigenvalue weighted by atomic mass is 10.0. The van der Waals surface area contributed by atoms with E-state index in [1.54, 1.807) is 54.6 Å². The van der Waals surface area contributed by atoms with E-state index in [0.717, 1.165) is 5.56 Å². The fraction of sp³-hybridized carbons (Fsp3) is 0.222. The summed E-state index contributed by atoms with van der Waals surface area (Å²) in [5, 5.41) is 9.75. The second kappa shape index (κ2) is 8.62. The smallest absolute Gasteiger partial charge is 0.324 e. The monoisotopic (exact) mass is 362 g/mol. The van der Waals surface area contributed by atoms with Gasteiger partial charge in [-0.05, 0) is 29.7 Å². The third-order valence-corrected chi connectivity index (χ3v) is 3.91. The zero-order valence-corrected chi connectivity index (χ0v) is 14.1. The number of benzene rings is 2. The van der Waals surface area contributed by atoms with Crippen molar-refractivity contribution in [2.75, 3.05) is 0 Å². The number of hydrogen-bond donors (Lipinski definition) is 3. The molecule has 7 heteroatoms. The molecule has 1 unspecified atom stereocenters. The lowest BCUT2D eigenvalue weighted by molar-refractivity contribution is -0.156. The van der Waals surface area contributed by atoms with Crippen molar-refractivity contribution in [2.24, 2.45) is 11.5 Å². The minimum Gasteiger partial charge on any atom is -0.480 e. The van der Waals surface area contributed by atoms with Crippen molar-refractivity contribution in [3.05, 3.63) is 70.7 Å². The molecule has 0 fully saturated rings. The van der Waals surface area contributed by atoms with Gasteiger partial charge in [0.2, 0.25) is 0 Å². The Hall–Kier alpha value is -2.41. The standard InChI is InChI=1S/C18H19ClN2O4/c19-13-8-6-11(7-9-13)10-14(20)18(24)25-16(15(21)17(22)23)12-4-2-1-3-5-12/h1-9,14-16H,10,20-21H2,(H,22,23)/t14-,15-,16?/m0/s1. The van der Waals surface area contributed by atoms with Gasteiger partial charge >= 0.3 is 11.9 Å². The number of rotatable bonds is 7. The summed E-state index contributed by atoms with van der Waals surface area (Å²) in [6, 6.07) is 13.0. The van der Waals surface area contributed by atoms with Crippen molar-refractivity contribution in [2.45, 2.75) is 24.6 Å². The normalized spacial score (nSPS) is 14.4. The summed E-state index contributed by atoms with van der Waals surface area (Å²) in [6.45, 7) is 0. The number of aliphatic carboxylic acids is 1. The van der Waals surface area contributed by atoms with Crippen LogP contribution in [0.15, 0.2) is 54.6 Å². The van der Waals surface area contributed by atoms with Crippen LogP contribution in [0.4, 0.5) is 0 Å². The van der Waals surface area contributed by atoms with Gasteiger partial charge in [0.25, 0.3) is 0 Å². The molecule has 0 aliphatic carbocycles. The minimum absolute atomic E-state index is 0.236. The molecule has 2 aromatic carbocycles.